The molecule has 1 atom stereocenters. The summed E-state index contributed by atoms with van der Waals surface area (Å²) in [5, 5.41) is 0. The fraction of sp³-hybridized carbons (Fsp3) is 0.353. The molecule has 0 spiro atoms. The molecular weight excluding hydrogens is 248 g/mol. The van der Waals surface area contributed by atoms with Gasteiger partial charge in [-0.2, -0.15) is 0 Å². The number of hydrogen-bond donors (Lipinski definition) is 1. The highest BCUT2D eigenvalue weighted by Crippen LogP contribution is 2.21. The van der Waals surface area contributed by atoms with Gasteiger partial charge in [-0.05, 0) is 43.0 Å². The van der Waals surface area contributed by atoms with Gasteiger partial charge >= 0.3 is 0 Å². The van der Waals surface area contributed by atoms with Crippen LogP contribution in [0.1, 0.15) is 30.0 Å². The van der Waals surface area contributed by atoms with Gasteiger partial charge in [-0.3, -0.25) is 4.98 Å². The minimum atomic E-state index is 0.181. The third-order valence-corrected chi connectivity index (χ3v) is 3.31. The number of nitrogens with zero attached hydrogens (tertiary/aromatic N) is 1. The van der Waals surface area contributed by atoms with E-state index in [1.807, 2.05) is 37.5 Å². The molecule has 1 heterocycles. The van der Waals surface area contributed by atoms with Crippen molar-refractivity contribution in [1.29, 1.82) is 0 Å². The number of aryl methyl sites for hydroxylation is 1. The lowest BCUT2D eigenvalue weighted by Gasteiger charge is -2.14. The van der Waals surface area contributed by atoms with Gasteiger partial charge in [0.05, 0.1) is 0 Å². The standard InChI is InChI=1S/C17H22N2O/c1-3-16(18)9-15-6-4-5-7-17(15)20-12-14-8-13(2)10-19-11-14/h4-8,10-11,16H,3,9,12,18H2,1-2H3. The van der Waals surface area contributed by atoms with Crippen LogP contribution in [-0.2, 0) is 13.0 Å². The molecule has 0 radical (unpaired) electrons. The van der Waals surface area contributed by atoms with Crippen molar-refractivity contribution < 1.29 is 4.74 Å². The average molecular weight is 270 g/mol. The van der Waals surface area contributed by atoms with E-state index in [2.05, 4.69) is 24.0 Å². The first-order valence-electron chi connectivity index (χ1n) is 7.06. The molecule has 3 heteroatoms. The Kier molecular flexibility index (Phi) is 5.13. The lowest BCUT2D eigenvalue weighted by molar-refractivity contribution is 0.301. The summed E-state index contributed by atoms with van der Waals surface area (Å²) in [5.74, 6) is 0.915. The summed E-state index contributed by atoms with van der Waals surface area (Å²) in [4.78, 5) is 4.18. The average Bonchev–Trinajstić information content (AvgIpc) is 2.46. The minimum Gasteiger partial charge on any atom is -0.489 e. The summed E-state index contributed by atoms with van der Waals surface area (Å²) < 4.78 is 5.93. The van der Waals surface area contributed by atoms with Crippen molar-refractivity contribution in [2.75, 3.05) is 0 Å². The Morgan fingerprint density at radius 3 is 2.80 bits per heavy atom. The zero-order valence-electron chi connectivity index (χ0n) is 12.2. The molecule has 0 aliphatic heterocycles. The number of nitrogens with two attached hydrogens (primary N) is 1. The topological polar surface area (TPSA) is 48.1 Å². The van der Waals surface area contributed by atoms with Crippen molar-refractivity contribution in [3.05, 3.63) is 59.4 Å². The Labute approximate surface area is 120 Å². The van der Waals surface area contributed by atoms with Crippen molar-refractivity contribution in [1.82, 2.24) is 4.98 Å². The maximum absolute atomic E-state index is 6.04. The molecule has 0 fully saturated rings. The van der Waals surface area contributed by atoms with Gasteiger partial charge in [-0.25, -0.2) is 0 Å². The van der Waals surface area contributed by atoms with Gasteiger partial charge in [0.15, 0.2) is 0 Å². The first-order valence-corrected chi connectivity index (χ1v) is 7.06. The molecule has 0 bridgehead atoms. The first kappa shape index (κ1) is 14.5. The minimum absolute atomic E-state index is 0.181. The van der Waals surface area contributed by atoms with Gasteiger partial charge in [0.1, 0.15) is 12.4 Å². The molecule has 20 heavy (non-hydrogen) atoms. The Morgan fingerprint density at radius 2 is 2.05 bits per heavy atom. The van der Waals surface area contributed by atoms with Crippen LogP contribution in [0.3, 0.4) is 0 Å². The van der Waals surface area contributed by atoms with Crippen LogP contribution >= 0.6 is 0 Å². The number of pyridine rings is 1. The monoisotopic (exact) mass is 270 g/mol. The van der Waals surface area contributed by atoms with Crippen LogP contribution in [0.2, 0.25) is 0 Å². The molecular formula is C17H22N2O. The maximum Gasteiger partial charge on any atom is 0.123 e. The van der Waals surface area contributed by atoms with E-state index >= 15 is 0 Å². The fourth-order valence-electron chi connectivity index (χ4n) is 2.10. The molecule has 3 nitrogen and oxygen atoms in total. The van der Waals surface area contributed by atoms with Gasteiger partial charge < -0.3 is 10.5 Å². The van der Waals surface area contributed by atoms with E-state index in [0.29, 0.717) is 6.61 Å². The highest BCUT2D eigenvalue weighted by molar-refractivity contribution is 5.34. The molecule has 0 aliphatic carbocycles. The third kappa shape index (κ3) is 4.07. The fourth-order valence-corrected chi connectivity index (χ4v) is 2.10. The largest absolute Gasteiger partial charge is 0.489 e. The summed E-state index contributed by atoms with van der Waals surface area (Å²) in [6, 6.07) is 10.4. The Bertz CT molecular complexity index is 554. The van der Waals surface area contributed by atoms with E-state index in [9.17, 15) is 0 Å². The summed E-state index contributed by atoms with van der Waals surface area (Å²) in [5.41, 5.74) is 9.43. The molecule has 2 N–H and O–H groups in total. The van der Waals surface area contributed by atoms with Crippen LogP contribution in [0, 0.1) is 6.92 Å². The van der Waals surface area contributed by atoms with E-state index < -0.39 is 0 Å². The molecule has 1 aromatic carbocycles. The molecule has 0 saturated heterocycles. The Balaban J connectivity index is 2.05. The first-order chi connectivity index (χ1) is 9.69. The molecule has 1 unspecified atom stereocenters. The van der Waals surface area contributed by atoms with Gasteiger partial charge in [0.25, 0.3) is 0 Å². The zero-order valence-corrected chi connectivity index (χ0v) is 12.2. The predicted octanol–water partition coefficient (Wildman–Crippen LogP) is 3.25. The number of para-hydroxylation sites is 1. The van der Waals surface area contributed by atoms with Crippen LogP contribution in [0.5, 0.6) is 5.75 Å². The number of rotatable bonds is 6. The van der Waals surface area contributed by atoms with E-state index in [1.54, 1.807) is 0 Å². The van der Waals surface area contributed by atoms with Gasteiger partial charge in [-0.1, -0.05) is 25.1 Å². The van der Waals surface area contributed by atoms with Gasteiger partial charge in [-0.15, -0.1) is 0 Å². The van der Waals surface area contributed by atoms with Crippen LogP contribution in [-0.4, -0.2) is 11.0 Å². The Morgan fingerprint density at radius 1 is 1.25 bits per heavy atom. The number of benzene rings is 1. The van der Waals surface area contributed by atoms with E-state index in [-0.39, 0.29) is 6.04 Å². The number of aromatic nitrogens is 1. The van der Waals surface area contributed by atoms with E-state index in [1.165, 1.54) is 5.56 Å². The normalized spacial score (nSPS) is 12.2. The van der Waals surface area contributed by atoms with Crippen molar-refractivity contribution in [2.24, 2.45) is 5.73 Å². The number of ether oxygens (including phenoxy) is 1. The smallest absolute Gasteiger partial charge is 0.123 e. The highest BCUT2D eigenvalue weighted by Gasteiger charge is 2.07. The molecule has 0 aliphatic rings. The quantitative estimate of drug-likeness (QED) is 0.876. The molecule has 2 aromatic rings. The predicted molar refractivity (Wildman–Crippen MR) is 81.7 cm³/mol. The third-order valence-electron chi connectivity index (χ3n) is 3.31. The van der Waals surface area contributed by atoms with Crippen molar-refractivity contribution in [2.45, 2.75) is 39.3 Å². The highest BCUT2D eigenvalue weighted by atomic mass is 16.5. The van der Waals surface area contributed by atoms with Crippen LogP contribution < -0.4 is 10.5 Å². The maximum atomic E-state index is 6.04. The van der Waals surface area contributed by atoms with Crippen LogP contribution in [0.15, 0.2) is 42.7 Å². The molecule has 106 valence electrons. The SMILES string of the molecule is CCC(N)Cc1ccccc1OCc1cncc(C)c1. The van der Waals surface area contributed by atoms with Gasteiger partial charge in [0.2, 0.25) is 0 Å². The summed E-state index contributed by atoms with van der Waals surface area (Å²) in [7, 11) is 0. The zero-order chi connectivity index (χ0) is 14.4. The molecule has 1 aromatic heterocycles. The van der Waals surface area contributed by atoms with E-state index in [4.69, 9.17) is 10.5 Å². The summed E-state index contributed by atoms with van der Waals surface area (Å²) in [6.45, 7) is 4.67. The lowest BCUT2D eigenvalue weighted by Crippen LogP contribution is -2.21. The molecule has 0 amide bonds. The van der Waals surface area contributed by atoms with Crippen LogP contribution in [0.25, 0.3) is 0 Å². The van der Waals surface area contributed by atoms with Crippen molar-refractivity contribution >= 4 is 0 Å². The Hall–Kier alpha value is -1.87. The number of hydrogen-bond acceptors (Lipinski definition) is 3. The van der Waals surface area contributed by atoms with Crippen molar-refractivity contribution in [3.63, 3.8) is 0 Å². The second kappa shape index (κ2) is 7.06. The lowest BCUT2D eigenvalue weighted by atomic mass is 10.0. The summed E-state index contributed by atoms with van der Waals surface area (Å²) in [6.07, 6.45) is 5.50. The second-order valence-electron chi connectivity index (χ2n) is 5.14. The van der Waals surface area contributed by atoms with Crippen molar-refractivity contribution in [3.8, 4) is 5.75 Å². The van der Waals surface area contributed by atoms with Crippen LogP contribution in [0.4, 0.5) is 0 Å². The molecule has 2 rings (SSSR count). The van der Waals surface area contributed by atoms with E-state index in [0.717, 1.165) is 29.7 Å². The second-order valence-corrected chi connectivity index (χ2v) is 5.14. The summed E-state index contributed by atoms with van der Waals surface area (Å²) >= 11 is 0. The van der Waals surface area contributed by atoms with Gasteiger partial charge in [0, 0.05) is 24.0 Å². The molecule has 0 saturated carbocycles.